The van der Waals surface area contributed by atoms with Crippen LogP contribution in [-0.4, -0.2) is 0 Å². The quantitative estimate of drug-likeness (QED) is 0.267. The molecule has 33 heavy (non-hydrogen) atoms. The number of hydrogen-bond donors (Lipinski definition) is 0. The molecule has 5 aliphatic rings. The number of hydrogen-bond acceptors (Lipinski definition) is 0. The van der Waals surface area contributed by atoms with E-state index in [2.05, 4.69) is 84.9 Å². The van der Waals surface area contributed by atoms with E-state index in [4.69, 9.17) is 0 Å². The van der Waals surface area contributed by atoms with Gasteiger partial charge in [0, 0.05) is 5.41 Å². The zero-order chi connectivity index (χ0) is 21.6. The summed E-state index contributed by atoms with van der Waals surface area (Å²) < 4.78 is 0. The fourth-order valence-corrected chi connectivity index (χ4v) is 8.89. The fourth-order valence-electron chi connectivity index (χ4n) is 8.89. The number of rotatable bonds is 2. The highest BCUT2D eigenvalue weighted by Crippen LogP contribution is 2.65. The van der Waals surface area contributed by atoms with E-state index in [-0.39, 0.29) is 5.41 Å². The molecule has 162 valence electrons. The summed E-state index contributed by atoms with van der Waals surface area (Å²) in [6.07, 6.45) is 8.30. The van der Waals surface area contributed by atoms with Crippen LogP contribution in [0.15, 0.2) is 84.9 Å². The van der Waals surface area contributed by atoms with Gasteiger partial charge in [0.1, 0.15) is 0 Å². The van der Waals surface area contributed by atoms with Crippen LogP contribution in [0.4, 0.5) is 0 Å². The third kappa shape index (κ3) is 2.47. The van der Waals surface area contributed by atoms with Crippen LogP contribution < -0.4 is 0 Å². The van der Waals surface area contributed by atoms with E-state index in [1.165, 1.54) is 59.6 Å². The lowest BCUT2D eigenvalue weighted by atomic mass is 9.42. The molecular weight excluding hydrogens is 396 g/mol. The fraction of sp³-hybridized carbons (Fsp3) is 0.333. The van der Waals surface area contributed by atoms with Crippen molar-refractivity contribution in [3.05, 3.63) is 107 Å². The molecule has 4 fully saturated rings. The highest BCUT2D eigenvalue weighted by Gasteiger charge is 2.58. The zero-order valence-electron chi connectivity index (χ0n) is 19.1. The lowest BCUT2D eigenvalue weighted by molar-refractivity contribution is -0.0418. The molecular formula is C33H30. The third-order valence-electron chi connectivity index (χ3n) is 9.92. The van der Waals surface area contributed by atoms with Gasteiger partial charge in [-0.15, -0.1) is 0 Å². The molecule has 4 aromatic rings. The van der Waals surface area contributed by atoms with Crippen molar-refractivity contribution in [1.29, 1.82) is 0 Å². The molecule has 0 spiro atoms. The van der Waals surface area contributed by atoms with E-state index >= 15 is 0 Å². The van der Waals surface area contributed by atoms with Crippen LogP contribution in [0, 0.1) is 23.7 Å². The first-order valence-electron chi connectivity index (χ1n) is 13.0. The van der Waals surface area contributed by atoms with Crippen LogP contribution in [0.5, 0.6) is 0 Å². The zero-order valence-corrected chi connectivity index (χ0v) is 19.1. The summed E-state index contributed by atoms with van der Waals surface area (Å²) in [6.45, 7) is 0. The molecule has 0 unspecified atom stereocenters. The van der Waals surface area contributed by atoms with Crippen molar-refractivity contribution in [1.82, 2.24) is 0 Å². The molecule has 0 atom stereocenters. The minimum absolute atomic E-state index is 0.182. The molecule has 5 aliphatic carbocycles. The van der Waals surface area contributed by atoms with Gasteiger partial charge in [0.15, 0.2) is 0 Å². The van der Waals surface area contributed by atoms with Gasteiger partial charge in [0.05, 0.1) is 0 Å². The van der Waals surface area contributed by atoms with Crippen LogP contribution in [0.2, 0.25) is 0 Å². The second-order valence-electron chi connectivity index (χ2n) is 11.4. The predicted molar refractivity (Wildman–Crippen MR) is 136 cm³/mol. The van der Waals surface area contributed by atoms with E-state index in [0.29, 0.717) is 0 Å². The molecule has 0 heteroatoms. The maximum absolute atomic E-state index is 2.63. The van der Waals surface area contributed by atoms with E-state index in [1.807, 2.05) is 0 Å². The first-order valence-corrected chi connectivity index (χ1v) is 13.0. The Morgan fingerprint density at radius 2 is 1.15 bits per heavy atom. The Kier molecular flexibility index (Phi) is 3.71. The second-order valence-corrected chi connectivity index (χ2v) is 11.4. The van der Waals surface area contributed by atoms with Crippen molar-refractivity contribution >= 4 is 10.8 Å². The molecule has 4 aromatic carbocycles. The summed E-state index contributed by atoms with van der Waals surface area (Å²) in [7, 11) is 0. The van der Waals surface area contributed by atoms with Crippen molar-refractivity contribution in [3.8, 4) is 11.1 Å². The summed E-state index contributed by atoms with van der Waals surface area (Å²) >= 11 is 0. The van der Waals surface area contributed by atoms with Gasteiger partial charge in [-0.1, -0.05) is 84.9 Å². The standard InChI is InChI=1S/C33H30/c1-2-6-24-19-27(10-9-23(24)5-1)33(29-14-21-13-22(16-29)17-30(33)15-21)28-11-12-32-26(20-28)18-25-7-3-4-8-31(25)32/h1-12,19-22,29-30H,13-18H2. The van der Waals surface area contributed by atoms with Crippen LogP contribution in [0.1, 0.15) is 54.4 Å². The Hall–Kier alpha value is -2.86. The maximum atomic E-state index is 2.63. The van der Waals surface area contributed by atoms with Crippen molar-refractivity contribution < 1.29 is 0 Å². The van der Waals surface area contributed by atoms with E-state index in [0.717, 1.165) is 30.1 Å². The van der Waals surface area contributed by atoms with Gasteiger partial charge in [-0.3, -0.25) is 0 Å². The maximum Gasteiger partial charge on any atom is 0.0259 e. The molecule has 4 saturated carbocycles. The molecule has 0 radical (unpaired) electrons. The van der Waals surface area contributed by atoms with Gasteiger partial charge < -0.3 is 0 Å². The highest BCUT2D eigenvalue weighted by atomic mass is 14.6. The van der Waals surface area contributed by atoms with Crippen LogP contribution in [0.25, 0.3) is 21.9 Å². The number of fused-ring (bicyclic) bond motifs is 4. The molecule has 0 aromatic heterocycles. The minimum Gasteiger partial charge on any atom is -0.0619 e. The molecule has 0 heterocycles. The van der Waals surface area contributed by atoms with Gasteiger partial charge in [-0.2, -0.15) is 0 Å². The van der Waals surface area contributed by atoms with E-state index in [9.17, 15) is 0 Å². The molecule has 0 saturated heterocycles. The number of benzene rings is 4. The van der Waals surface area contributed by atoms with Crippen LogP contribution >= 0.6 is 0 Å². The first kappa shape index (κ1) is 18.6. The topological polar surface area (TPSA) is 0 Å². The lowest BCUT2D eigenvalue weighted by Gasteiger charge is -2.62. The van der Waals surface area contributed by atoms with Crippen molar-refractivity contribution in [2.75, 3.05) is 0 Å². The monoisotopic (exact) mass is 426 g/mol. The normalized spacial score (nSPS) is 31.0. The van der Waals surface area contributed by atoms with Gasteiger partial charge in [0.2, 0.25) is 0 Å². The Labute approximate surface area is 196 Å². The van der Waals surface area contributed by atoms with Crippen molar-refractivity contribution in [3.63, 3.8) is 0 Å². The summed E-state index contributed by atoms with van der Waals surface area (Å²) in [6, 6.07) is 33.0. The molecule has 0 amide bonds. The lowest BCUT2D eigenvalue weighted by Crippen LogP contribution is -2.56. The van der Waals surface area contributed by atoms with E-state index < -0.39 is 0 Å². The predicted octanol–water partition coefficient (Wildman–Crippen LogP) is 8.15. The molecule has 0 aliphatic heterocycles. The average Bonchev–Trinajstić information content (AvgIpc) is 3.22. The van der Waals surface area contributed by atoms with Crippen molar-refractivity contribution in [2.24, 2.45) is 23.7 Å². The Morgan fingerprint density at radius 3 is 1.97 bits per heavy atom. The van der Waals surface area contributed by atoms with Gasteiger partial charge in [-0.05, 0) is 106 Å². The molecule has 0 nitrogen and oxygen atoms in total. The smallest absolute Gasteiger partial charge is 0.0259 e. The third-order valence-corrected chi connectivity index (χ3v) is 9.92. The van der Waals surface area contributed by atoms with Gasteiger partial charge >= 0.3 is 0 Å². The molecule has 0 N–H and O–H groups in total. The average molecular weight is 427 g/mol. The molecule has 9 rings (SSSR count). The van der Waals surface area contributed by atoms with E-state index in [1.54, 1.807) is 16.7 Å². The summed E-state index contributed by atoms with van der Waals surface area (Å²) in [5.74, 6) is 3.52. The summed E-state index contributed by atoms with van der Waals surface area (Å²) in [5, 5.41) is 2.77. The van der Waals surface area contributed by atoms with Crippen LogP contribution in [0.3, 0.4) is 0 Å². The summed E-state index contributed by atoms with van der Waals surface area (Å²) in [5.41, 5.74) is 9.33. The SMILES string of the molecule is c1ccc2c(c1)Cc1cc(C3(c4ccc5ccccc5c4)C4CC5CC(C4)CC3C5)ccc1-2. The first-order chi connectivity index (χ1) is 16.3. The van der Waals surface area contributed by atoms with Gasteiger partial charge in [0.25, 0.3) is 0 Å². The Balaban J connectivity index is 1.35. The van der Waals surface area contributed by atoms with Gasteiger partial charge in [-0.25, -0.2) is 0 Å². The highest BCUT2D eigenvalue weighted by molar-refractivity contribution is 5.84. The minimum atomic E-state index is 0.182. The molecule has 4 bridgehead atoms. The Bertz CT molecular complexity index is 1380. The Morgan fingerprint density at radius 1 is 0.515 bits per heavy atom. The summed E-state index contributed by atoms with van der Waals surface area (Å²) in [4.78, 5) is 0. The van der Waals surface area contributed by atoms with Crippen molar-refractivity contribution in [2.45, 2.75) is 43.9 Å². The largest absolute Gasteiger partial charge is 0.0619 e. The second kappa shape index (κ2) is 6.60. The van der Waals surface area contributed by atoms with Crippen LogP contribution in [-0.2, 0) is 11.8 Å².